The van der Waals surface area contributed by atoms with Crippen molar-refractivity contribution in [3.63, 3.8) is 0 Å². The molecule has 0 aliphatic carbocycles. The van der Waals surface area contributed by atoms with Crippen LogP contribution in [0.2, 0.25) is 0 Å². The summed E-state index contributed by atoms with van der Waals surface area (Å²) >= 11 is 0. The molecule has 3 heterocycles. The van der Waals surface area contributed by atoms with Gasteiger partial charge in [0.25, 0.3) is 0 Å². The van der Waals surface area contributed by atoms with E-state index < -0.39 is 0 Å². The minimum atomic E-state index is 0.789. The van der Waals surface area contributed by atoms with Crippen molar-refractivity contribution in [2.24, 2.45) is 0 Å². The molecule has 0 aromatic carbocycles. The van der Waals surface area contributed by atoms with Crippen LogP contribution < -0.4 is 5.32 Å². The number of imidazole rings is 1. The second kappa shape index (κ2) is 5.61. The number of anilines is 1. The SMILES string of the molecule is Cc1ccnc(NCCn2ccnc2-c2ccoc2)c1. The Hall–Kier alpha value is -2.56. The fraction of sp³-hybridized carbons (Fsp3) is 0.200. The molecule has 0 unspecified atom stereocenters. The monoisotopic (exact) mass is 268 g/mol. The Labute approximate surface area is 117 Å². The second-order valence-corrected chi connectivity index (χ2v) is 4.60. The number of nitrogens with zero attached hydrogens (tertiary/aromatic N) is 3. The summed E-state index contributed by atoms with van der Waals surface area (Å²) in [7, 11) is 0. The third-order valence-electron chi connectivity index (χ3n) is 3.07. The largest absolute Gasteiger partial charge is 0.472 e. The molecule has 0 saturated carbocycles. The third-order valence-corrected chi connectivity index (χ3v) is 3.07. The van der Waals surface area contributed by atoms with Crippen LogP contribution in [-0.2, 0) is 6.54 Å². The van der Waals surface area contributed by atoms with Crippen LogP contribution in [0.25, 0.3) is 11.4 Å². The topological polar surface area (TPSA) is 55.9 Å². The summed E-state index contributed by atoms with van der Waals surface area (Å²) in [5.74, 6) is 1.81. The van der Waals surface area contributed by atoms with E-state index in [0.29, 0.717) is 0 Å². The van der Waals surface area contributed by atoms with Crippen LogP contribution >= 0.6 is 0 Å². The summed E-state index contributed by atoms with van der Waals surface area (Å²) in [4.78, 5) is 8.64. The lowest BCUT2D eigenvalue weighted by Gasteiger charge is -2.09. The van der Waals surface area contributed by atoms with Gasteiger partial charge in [0.2, 0.25) is 0 Å². The Kier molecular flexibility index (Phi) is 3.50. The highest BCUT2D eigenvalue weighted by Gasteiger charge is 2.06. The van der Waals surface area contributed by atoms with Crippen molar-refractivity contribution < 1.29 is 4.42 Å². The Bertz CT molecular complexity index is 673. The lowest BCUT2D eigenvalue weighted by atomic mass is 10.3. The maximum Gasteiger partial charge on any atom is 0.143 e. The van der Waals surface area contributed by atoms with Gasteiger partial charge in [0, 0.05) is 31.7 Å². The zero-order chi connectivity index (χ0) is 13.8. The second-order valence-electron chi connectivity index (χ2n) is 4.60. The van der Waals surface area contributed by atoms with Gasteiger partial charge in [0.1, 0.15) is 17.9 Å². The van der Waals surface area contributed by atoms with Crippen LogP contribution in [-0.4, -0.2) is 21.1 Å². The van der Waals surface area contributed by atoms with Crippen molar-refractivity contribution >= 4 is 5.82 Å². The highest BCUT2D eigenvalue weighted by molar-refractivity contribution is 5.53. The molecule has 3 aromatic heterocycles. The van der Waals surface area contributed by atoms with Gasteiger partial charge in [-0.1, -0.05) is 0 Å². The molecule has 102 valence electrons. The van der Waals surface area contributed by atoms with Gasteiger partial charge in [-0.2, -0.15) is 0 Å². The van der Waals surface area contributed by atoms with Crippen LogP contribution in [0.3, 0.4) is 0 Å². The first-order valence-electron chi connectivity index (χ1n) is 6.53. The summed E-state index contributed by atoms with van der Waals surface area (Å²) < 4.78 is 7.19. The number of hydrogen-bond donors (Lipinski definition) is 1. The molecular weight excluding hydrogens is 252 g/mol. The summed E-state index contributed by atoms with van der Waals surface area (Å²) in [5.41, 5.74) is 2.19. The average molecular weight is 268 g/mol. The Morgan fingerprint density at radius 2 is 2.20 bits per heavy atom. The van der Waals surface area contributed by atoms with Crippen molar-refractivity contribution in [2.75, 3.05) is 11.9 Å². The van der Waals surface area contributed by atoms with Crippen LogP contribution in [0.1, 0.15) is 5.56 Å². The number of rotatable bonds is 5. The van der Waals surface area contributed by atoms with E-state index in [1.54, 1.807) is 18.7 Å². The molecular formula is C15H16N4O. The predicted molar refractivity (Wildman–Crippen MR) is 77.4 cm³/mol. The van der Waals surface area contributed by atoms with Gasteiger partial charge in [0.15, 0.2) is 0 Å². The molecule has 3 aromatic rings. The Balaban J connectivity index is 1.64. The highest BCUT2D eigenvalue weighted by atomic mass is 16.3. The number of hydrogen-bond acceptors (Lipinski definition) is 4. The van der Waals surface area contributed by atoms with Crippen LogP contribution in [0, 0.1) is 6.92 Å². The summed E-state index contributed by atoms with van der Waals surface area (Å²) in [6.45, 7) is 3.66. The van der Waals surface area contributed by atoms with Crippen LogP contribution in [0.5, 0.6) is 0 Å². The van der Waals surface area contributed by atoms with Gasteiger partial charge in [-0.15, -0.1) is 0 Å². The van der Waals surface area contributed by atoms with Gasteiger partial charge in [-0.3, -0.25) is 0 Å². The number of furan rings is 1. The Morgan fingerprint density at radius 3 is 3.00 bits per heavy atom. The molecule has 20 heavy (non-hydrogen) atoms. The first-order chi connectivity index (χ1) is 9.83. The maximum absolute atomic E-state index is 5.10. The van der Waals surface area contributed by atoms with Crippen molar-refractivity contribution in [3.05, 3.63) is 54.9 Å². The third kappa shape index (κ3) is 2.71. The predicted octanol–water partition coefficient (Wildman–Crippen LogP) is 2.96. The van der Waals surface area contributed by atoms with Gasteiger partial charge >= 0.3 is 0 Å². The number of pyridine rings is 1. The molecule has 0 spiro atoms. The molecule has 0 atom stereocenters. The molecule has 5 heteroatoms. The molecule has 0 aliphatic rings. The molecule has 0 radical (unpaired) electrons. The molecule has 0 saturated heterocycles. The van der Waals surface area contributed by atoms with Crippen LogP contribution in [0.4, 0.5) is 5.82 Å². The average Bonchev–Trinajstić information content (AvgIpc) is 3.09. The van der Waals surface area contributed by atoms with E-state index in [-0.39, 0.29) is 0 Å². The van der Waals surface area contributed by atoms with Crippen molar-refractivity contribution in [3.8, 4) is 11.4 Å². The van der Waals surface area contributed by atoms with Gasteiger partial charge < -0.3 is 14.3 Å². The summed E-state index contributed by atoms with van der Waals surface area (Å²) in [6, 6.07) is 5.93. The summed E-state index contributed by atoms with van der Waals surface area (Å²) in [6.07, 6.45) is 8.93. The first kappa shape index (κ1) is 12.5. The van der Waals surface area contributed by atoms with E-state index >= 15 is 0 Å². The minimum absolute atomic E-state index is 0.789. The van der Waals surface area contributed by atoms with E-state index in [9.17, 15) is 0 Å². The number of aryl methyl sites for hydroxylation is 1. The standard InChI is InChI=1S/C15H16N4O/c1-12-2-4-16-14(10-12)17-5-7-19-8-6-18-15(19)13-3-9-20-11-13/h2-4,6,8-11H,5,7H2,1H3,(H,16,17). The molecule has 1 N–H and O–H groups in total. The number of aromatic nitrogens is 3. The molecule has 0 aliphatic heterocycles. The van der Waals surface area contributed by atoms with Crippen molar-refractivity contribution in [1.29, 1.82) is 0 Å². The summed E-state index contributed by atoms with van der Waals surface area (Å²) in [5, 5.41) is 3.31. The molecule has 0 bridgehead atoms. The van der Waals surface area contributed by atoms with Gasteiger partial charge in [0.05, 0.1) is 11.8 Å². The van der Waals surface area contributed by atoms with Gasteiger partial charge in [-0.05, 0) is 30.7 Å². The Morgan fingerprint density at radius 1 is 1.25 bits per heavy atom. The van der Waals surface area contributed by atoms with E-state index in [1.807, 2.05) is 30.6 Å². The normalized spacial score (nSPS) is 10.7. The van der Waals surface area contributed by atoms with Crippen molar-refractivity contribution in [2.45, 2.75) is 13.5 Å². The molecule has 3 rings (SSSR count). The number of nitrogens with one attached hydrogen (secondary N) is 1. The highest BCUT2D eigenvalue weighted by Crippen LogP contribution is 2.17. The lowest BCUT2D eigenvalue weighted by molar-refractivity contribution is 0.567. The lowest BCUT2D eigenvalue weighted by Crippen LogP contribution is -2.11. The van der Waals surface area contributed by atoms with E-state index in [1.165, 1.54) is 5.56 Å². The zero-order valence-electron chi connectivity index (χ0n) is 11.3. The van der Waals surface area contributed by atoms with Gasteiger partial charge in [-0.25, -0.2) is 9.97 Å². The van der Waals surface area contributed by atoms with Crippen molar-refractivity contribution in [1.82, 2.24) is 14.5 Å². The van der Waals surface area contributed by atoms with E-state index in [4.69, 9.17) is 4.42 Å². The molecule has 0 fully saturated rings. The fourth-order valence-electron chi connectivity index (χ4n) is 2.08. The maximum atomic E-state index is 5.10. The minimum Gasteiger partial charge on any atom is -0.472 e. The first-order valence-corrected chi connectivity index (χ1v) is 6.53. The van der Waals surface area contributed by atoms with E-state index in [0.717, 1.165) is 30.3 Å². The molecule has 0 amide bonds. The quantitative estimate of drug-likeness (QED) is 0.773. The smallest absolute Gasteiger partial charge is 0.143 e. The fourth-order valence-corrected chi connectivity index (χ4v) is 2.08. The van der Waals surface area contributed by atoms with E-state index in [2.05, 4.69) is 26.8 Å². The molecule has 5 nitrogen and oxygen atoms in total. The zero-order valence-corrected chi connectivity index (χ0v) is 11.3. The van der Waals surface area contributed by atoms with Crippen LogP contribution in [0.15, 0.2) is 53.7 Å².